The Kier molecular flexibility index (Phi) is 4.85. The van der Waals surface area contributed by atoms with Crippen LogP contribution in [-0.4, -0.2) is 23.9 Å². The van der Waals surface area contributed by atoms with E-state index in [1.54, 1.807) is 6.92 Å². The molecule has 0 bridgehead atoms. The van der Waals surface area contributed by atoms with Crippen LogP contribution in [-0.2, 0) is 9.53 Å². The van der Waals surface area contributed by atoms with Gasteiger partial charge < -0.3 is 15.4 Å². The average Bonchev–Trinajstić information content (AvgIpc) is 2.58. The zero-order valence-corrected chi connectivity index (χ0v) is 14.7. The number of hydrogen-bond donors (Lipinski definition) is 2. The summed E-state index contributed by atoms with van der Waals surface area (Å²) in [5.74, 6) is -0.433. The highest BCUT2D eigenvalue weighted by Crippen LogP contribution is 2.32. The van der Waals surface area contributed by atoms with Gasteiger partial charge in [-0.15, -0.1) is 0 Å². The highest BCUT2D eigenvalue weighted by molar-refractivity contribution is 9.09. The van der Waals surface area contributed by atoms with Gasteiger partial charge in [-0.3, -0.25) is 0 Å². The molecule has 0 saturated carbocycles. The molecule has 0 spiro atoms. The highest BCUT2D eigenvalue weighted by atomic mass is 79.9. The number of amides is 2. The van der Waals surface area contributed by atoms with Crippen molar-refractivity contribution in [1.82, 2.24) is 10.6 Å². The van der Waals surface area contributed by atoms with Crippen LogP contribution < -0.4 is 10.6 Å². The van der Waals surface area contributed by atoms with E-state index < -0.39 is 12.0 Å². The molecule has 124 valence electrons. The number of hydrogen-bond acceptors (Lipinski definition) is 3. The van der Waals surface area contributed by atoms with Crippen molar-refractivity contribution in [2.45, 2.75) is 13.0 Å². The van der Waals surface area contributed by atoms with Crippen molar-refractivity contribution in [1.29, 1.82) is 0 Å². The summed E-state index contributed by atoms with van der Waals surface area (Å²) in [5.41, 5.74) is 1.80. The fourth-order valence-corrected chi connectivity index (χ4v) is 3.07. The summed E-state index contributed by atoms with van der Waals surface area (Å²) in [6.45, 7) is 1.98. The van der Waals surface area contributed by atoms with Gasteiger partial charge in [0.25, 0.3) is 0 Å². The van der Waals surface area contributed by atoms with Gasteiger partial charge in [-0.25, -0.2) is 9.59 Å². The number of halogens is 1. The second-order valence-electron chi connectivity index (χ2n) is 5.46. The van der Waals surface area contributed by atoms with E-state index in [0.717, 1.165) is 16.3 Å². The number of allylic oxidation sites excluding steroid dienone is 1. The summed E-state index contributed by atoms with van der Waals surface area (Å²) in [6, 6.07) is 12.8. The molecule has 0 aliphatic carbocycles. The molecule has 1 aliphatic rings. The van der Waals surface area contributed by atoms with Gasteiger partial charge >= 0.3 is 12.0 Å². The van der Waals surface area contributed by atoms with Gasteiger partial charge in [-0.05, 0) is 23.3 Å². The predicted molar refractivity (Wildman–Crippen MR) is 95.8 cm³/mol. The molecule has 3 rings (SSSR count). The average molecular weight is 389 g/mol. The third kappa shape index (κ3) is 3.14. The molecule has 0 saturated heterocycles. The third-order valence-corrected chi connectivity index (χ3v) is 4.26. The van der Waals surface area contributed by atoms with Gasteiger partial charge in [0.1, 0.15) is 6.61 Å². The molecular formula is C18H17BrN2O3. The van der Waals surface area contributed by atoms with Crippen molar-refractivity contribution in [3.8, 4) is 0 Å². The fourth-order valence-electron chi connectivity index (χ4n) is 2.91. The third-order valence-electron chi connectivity index (χ3n) is 3.93. The minimum absolute atomic E-state index is 0.270. The van der Waals surface area contributed by atoms with Crippen molar-refractivity contribution >= 4 is 38.7 Å². The lowest BCUT2D eigenvalue weighted by Crippen LogP contribution is -2.45. The minimum atomic E-state index is -0.548. The number of benzene rings is 2. The molecule has 6 heteroatoms. The van der Waals surface area contributed by atoms with Crippen molar-refractivity contribution in [3.63, 3.8) is 0 Å². The molecule has 2 amide bonds. The first-order valence-corrected chi connectivity index (χ1v) is 8.73. The molecule has 0 aromatic heterocycles. The first-order valence-electron chi connectivity index (χ1n) is 7.61. The lowest BCUT2D eigenvalue weighted by molar-refractivity contribution is -0.138. The van der Waals surface area contributed by atoms with Crippen LogP contribution in [0.5, 0.6) is 0 Å². The van der Waals surface area contributed by atoms with E-state index in [9.17, 15) is 9.59 Å². The van der Waals surface area contributed by atoms with Crippen molar-refractivity contribution < 1.29 is 14.3 Å². The molecule has 1 aliphatic heterocycles. The second-order valence-corrected chi connectivity index (χ2v) is 6.26. The number of carbonyl (C=O) groups excluding carboxylic acids is 2. The number of esters is 1. The first-order chi connectivity index (χ1) is 11.6. The van der Waals surface area contributed by atoms with Crippen LogP contribution >= 0.6 is 15.9 Å². The Morgan fingerprint density at radius 3 is 2.75 bits per heavy atom. The Balaban J connectivity index is 2.10. The van der Waals surface area contributed by atoms with Gasteiger partial charge in [0.15, 0.2) is 0 Å². The lowest BCUT2D eigenvalue weighted by atomic mass is 9.91. The molecule has 1 atom stereocenters. The normalized spacial score (nSPS) is 17.4. The van der Waals surface area contributed by atoms with E-state index in [1.165, 1.54) is 0 Å². The lowest BCUT2D eigenvalue weighted by Gasteiger charge is -2.29. The Morgan fingerprint density at radius 1 is 1.21 bits per heavy atom. The molecule has 0 unspecified atom stereocenters. The van der Waals surface area contributed by atoms with Crippen LogP contribution in [0, 0.1) is 0 Å². The van der Waals surface area contributed by atoms with Gasteiger partial charge in [-0.1, -0.05) is 58.4 Å². The van der Waals surface area contributed by atoms with E-state index in [0.29, 0.717) is 16.6 Å². The monoisotopic (exact) mass is 388 g/mol. The van der Waals surface area contributed by atoms with Crippen molar-refractivity contribution in [2.24, 2.45) is 0 Å². The Bertz CT molecular complexity index is 827. The largest absolute Gasteiger partial charge is 0.461 e. The summed E-state index contributed by atoms with van der Waals surface area (Å²) in [5, 5.41) is 8.09. The van der Waals surface area contributed by atoms with Gasteiger partial charge in [0.2, 0.25) is 0 Å². The maximum absolute atomic E-state index is 12.5. The van der Waals surface area contributed by atoms with Crippen LogP contribution in [0.1, 0.15) is 18.5 Å². The van der Waals surface area contributed by atoms with Crippen molar-refractivity contribution in [3.05, 3.63) is 59.3 Å². The molecule has 0 fully saturated rings. The van der Waals surface area contributed by atoms with Crippen LogP contribution in [0.4, 0.5) is 4.79 Å². The second kappa shape index (κ2) is 7.05. The number of urea groups is 1. The van der Waals surface area contributed by atoms with Crippen LogP contribution in [0.3, 0.4) is 0 Å². The number of alkyl halides is 1. The summed E-state index contributed by atoms with van der Waals surface area (Å²) in [4.78, 5) is 24.5. The van der Waals surface area contributed by atoms with E-state index in [4.69, 9.17) is 4.74 Å². The number of nitrogens with one attached hydrogen (secondary N) is 2. The molecule has 24 heavy (non-hydrogen) atoms. The van der Waals surface area contributed by atoms with Gasteiger partial charge in [0, 0.05) is 11.0 Å². The highest BCUT2D eigenvalue weighted by Gasteiger charge is 2.32. The van der Waals surface area contributed by atoms with Gasteiger partial charge in [0.05, 0.1) is 11.6 Å². The van der Waals surface area contributed by atoms with Crippen LogP contribution in [0.25, 0.3) is 10.8 Å². The SMILES string of the molecule is CC1=C(C(=O)OCCBr)[C@H](c2cccc3ccccc23)NC(=O)N1. The standard InChI is InChI=1S/C18H17BrN2O3/c1-11-15(17(22)24-10-9-19)16(21-18(23)20-11)14-8-4-6-12-5-2-3-7-13(12)14/h2-8,16H,9-10H2,1H3,(H2,20,21,23)/t16-/m0/s1. The van der Waals surface area contributed by atoms with Crippen molar-refractivity contribution in [2.75, 3.05) is 11.9 Å². The van der Waals surface area contributed by atoms with E-state index in [1.807, 2.05) is 42.5 Å². The zero-order chi connectivity index (χ0) is 17.1. The quantitative estimate of drug-likeness (QED) is 0.622. The summed E-state index contributed by atoms with van der Waals surface area (Å²) in [6.07, 6.45) is 0. The summed E-state index contributed by atoms with van der Waals surface area (Å²) in [7, 11) is 0. The fraction of sp³-hybridized carbons (Fsp3) is 0.222. The molecule has 2 aromatic rings. The molecule has 0 radical (unpaired) electrons. The molecule has 1 heterocycles. The molecule has 5 nitrogen and oxygen atoms in total. The summed E-state index contributed by atoms with van der Waals surface area (Å²) >= 11 is 3.24. The predicted octanol–water partition coefficient (Wildman–Crippen LogP) is 3.41. The number of rotatable bonds is 4. The van der Waals surface area contributed by atoms with Crippen LogP contribution in [0.15, 0.2) is 53.7 Å². The Hall–Kier alpha value is -2.34. The molecule has 2 aromatic carbocycles. The minimum Gasteiger partial charge on any atom is -0.461 e. The van der Waals surface area contributed by atoms with Gasteiger partial charge in [-0.2, -0.15) is 0 Å². The zero-order valence-electron chi connectivity index (χ0n) is 13.1. The Labute approximate surface area is 148 Å². The number of ether oxygens (including phenoxy) is 1. The van der Waals surface area contributed by atoms with Crippen LogP contribution in [0.2, 0.25) is 0 Å². The molecule has 2 N–H and O–H groups in total. The maximum atomic E-state index is 12.5. The number of carbonyl (C=O) groups is 2. The first kappa shape index (κ1) is 16.5. The van der Waals surface area contributed by atoms with E-state index in [2.05, 4.69) is 26.6 Å². The maximum Gasteiger partial charge on any atom is 0.338 e. The topological polar surface area (TPSA) is 67.4 Å². The number of fused-ring (bicyclic) bond motifs is 1. The Morgan fingerprint density at radius 2 is 1.96 bits per heavy atom. The molecular weight excluding hydrogens is 372 g/mol. The van der Waals surface area contributed by atoms with E-state index >= 15 is 0 Å². The smallest absolute Gasteiger partial charge is 0.338 e. The van der Waals surface area contributed by atoms with E-state index in [-0.39, 0.29) is 12.6 Å². The summed E-state index contributed by atoms with van der Waals surface area (Å²) < 4.78 is 5.27.